The first-order valence-corrected chi connectivity index (χ1v) is 13.9. The van der Waals surface area contributed by atoms with E-state index in [1.165, 1.54) is 36.7 Å². The highest BCUT2D eigenvalue weighted by Gasteiger charge is 2.32. The Morgan fingerprint density at radius 1 is 0.973 bits per heavy atom. The molecule has 2 heterocycles. The lowest BCUT2D eigenvalue weighted by Gasteiger charge is -2.28. The molecule has 37 heavy (non-hydrogen) atoms. The average Bonchev–Trinajstić information content (AvgIpc) is 3.23. The van der Waals surface area contributed by atoms with Crippen LogP contribution in [0.25, 0.3) is 6.08 Å². The molecule has 5 rings (SSSR count). The van der Waals surface area contributed by atoms with Gasteiger partial charge in [-0.3, -0.25) is 9.69 Å². The van der Waals surface area contributed by atoms with E-state index in [1.54, 1.807) is 4.90 Å². The zero-order chi connectivity index (χ0) is 25.6. The van der Waals surface area contributed by atoms with Crippen LogP contribution in [0.15, 0.2) is 82.7 Å². The van der Waals surface area contributed by atoms with Crippen molar-refractivity contribution < 1.29 is 9.53 Å². The molecule has 2 fully saturated rings. The number of carbonyl (C=O) groups is 1. The molecule has 0 unspecified atom stereocenters. The van der Waals surface area contributed by atoms with Crippen LogP contribution in [0.2, 0.25) is 5.02 Å². The molecule has 190 valence electrons. The number of likely N-dealkylation sites (N-methyl/N-ethyl adjacent to an activating group) is 1. The van der Waals surface area contributed by atoms with Crippen LogP contribution in [0.4, 0.5) is 11.4 Å². The van der Waals surface area contributed by atoms with Crippen molar-refractivity contribution >= 4 is 51.9 Å². The molecule has 2 aliphatic rings. The van der Waals surface area contributed by atoms with Crippen molar-refractivity contribution in [1.82, 2.24) is 4.90 Å². The third-order valence-corrected chi connectivity index (χ3v) is 7.91. The first-order chi connectivity index (χ1) is 18.1. The minimum atomic E-state index is -0.0183. The Hall–Kier alpha value is -3.22. The molecule has 0 saturated carbocycles. The Labute approximate surface area is 227 Å². The Kier molecular flexibility index (Phi) is 8.17. The number of anilines is 1. The Morgan fingerprint density at radius 2 is 1.70 bits per heavy atom. The van der Waals surface area contributed by atoms with Crippen LogP contribution in [-0.2, 0) is 11.4 Å². The number of nitrogens with zero attached hydrogens (tertiary/aromatic N) is 3. The average molecular weight is 532 g/mol. The van der Waals surface area contributed by atoms with E-state index >= 15 is 0 Å². The van der Waals surface area contributed by atoms with Crippen molar-refractivity contribution in [1.29, 1.82) is 0 Å². The van der Waals surface area contributed by atoms with E-state index in [2.05, 4.69) is 17.0 Å². The molecule has 3 aromatic carbocycles. The van der Waals surface area contributed by atoms with Crippen molar-refractivity contribution in [2.45, 2.75) is 32.8 Å². The number of hydrogen-bond acceptors (Lipinski definition) is 5. The van der Waals surface area contributed by atoms with Gasteiger partial charge in [0.05, 0.1) is 10.6 Å². The van der Waals surface area contributed by atoms with Gasteiger partial charge in [-0.15, -0.1) is 0 Å². The first kappa shape index (κ1) is 25.4. The summed E-state index contributed by atoms with van der Waals surface area (Å²) in [6, 6.07) is 23.7. The molecule has 0 aliphatic carbocycles. The second kappa shape index (κ2) is 11.9. The molecule has 0 radical (unpaired) electrons. The Bertz CT molecular complexity index is 1300. The summed E-state index contributed by atoms with van der Waals surface area (Å²) in [5.41, 5.74) is 3.97. The predicted molar refractivity (Wildman–Crippen MR) is 155 cm³/mol. The highest BCUT2D eigenvalue weighted by atomic mass is 35.5. The van der Waals surface area contributed by atoms with E-state index in [-0.39, 0.29) is 5.91 Å². The summed E-state index contributed by atoms with van der Waals surface area (Å²) in [6.07, 6.45) is 5.73. The maximum atomic E-state index is 13.1. The zero-order valence-corrected chi connectivity index (χ0v) is 22.5. The maximum Gasteiger partial charge on any atom is 0.266 e. The molecule has 0 atom stereocenters. The highest BCUT2D eigenvalue weighted by Crippen LogP contribution is 2.34. The normalized spacial score (nSPS) is 18.2. The molecule has 0 aromatic heterocycles. The predicted octanol–water partition coefficient (Wildman–Crippen LogP) is 7.53. The minimum Gasteiger partial charge on any atom is -0.489 e. The Balaban J connectivity index is 1.26. The van der Waals surface area contributed by atoms with Gasteiger partial charge in [0, 0.05) is 35.9 Å². The van der Waals surface area contributed by atoms with Gasteiger partial charge in [-0.25, -0.2) is 4.99 Å². The van der Waals surface area contributed by atoms with Gasteiger partial charge in [-0.2, -0.15) is 0 Å². The van der Waals surface area contributed by atoms with Crippen LogP contribution < -0.4 is 9.64 Å². The van der Waals surface area contributed by atoms with Gasteiger partial charge in [0.15, 0.2) is 5.17 Å². The second-order valence-corrected chi connectivity index (χ2v) is 10.5. The van der Waals surface area contributed by atoms with Gasteiger partial charge in [-0.1, -0.05) is 41.9 Å². The lowest BCUT2D eigenvalue weighted by atomic mass is 10.1. The van der Waals surface area contributed by atoms with Crippen LogP contribution in [-0.4, -0.2) is 35.6 Å². The molecule has 2 saturated heterocycles. The fraction of sp³-hybridized carbons (Fsp3) is 0.267. The number of ether oxygens (including phenoxy) is 1. The number of carbonyl (C=O) groups excluding carboxylic acids is 1. The first-order valence-electron chi connectivity index (χ1n) is 12.7. The second-order valence-electron chi connectivity index (χ2n) is 9.07. The highest BCUT2D eigenvalue weighted by molar-refractivity contribution is 8.18. The minimum absolute atomic E-state index is 0.0183. The van der Waals surface area contributed by atoms with Crippen LogP contribution in [0.5, 0.6) is 5.75 Å². The molecule has 1 amide bonds. The number of amides is 1. The van der Waals surface area contributed by atoms with E-state index in [9.17, 15) is 4.79 Å². The number of aliphatic imine (C=N–C) groups is 1. The molecule has 7 heteroatoms. The summed E-state index contributed by atoms with van der Waals surface area (Å²) >= 11 is 7.63. The molecular formula is C30H30ClN3O2S. The summed E-state index contributed by atoms with van der Waals surface area (Å²) < 4.78 is 5.88. The summed E-state index contributed by atoms with van der Waals surface area (Å²) in [4.78, 5) is 22.7. The number of rotatable bonds is 7. The number of piperidine rings is 1. The van der Waals surface area contributed by atoms with Crippen LogP contribution in [0, 0.1) is 0 Å². The summed E-state index contributed by atoms with van der Waals surface area (Å²) in [5.74, 6) is 0.730. The van der Waals surface area contributed by atoms with Crippen LogP contribution >= 0.6 is 23.4 Å². The van der Waals surface area contributed by atoms with E-state index in [4.69, 9.17) is 21.3 Å². The van der Waals surface area contributed by atoms with Gasteiger partial charge in [0.2, 0.25) is 0 Å². The topological polar surface area (TPSA) is 45.1 Å². The third kappa shape index (κ3) is 6.20. The maximum absolute atomic E-state index is 13.1. The van der Waals surface area contributed by atoms with E-state index in [0.29, 0.717) is 28.2 Å². The van der Waals surface area contributed by atoms with Crippen molar-refractivity contribution in [3.8, 4) is 5.75 Å². The summed E-state index contributed by atoms with van der Waals surface area (Å²) in [6.45, 7) is 5.18. The zero-order valence-electron chi connectivity index (χ0n) is 20.9. The van der Waals surface area contributed by atoms with Gasteiger partial charge in [0.1, 0.15) is 12.4 Å². The number of benzene rings is 3. The van der Waals surface area contributed by atoms with E-state index < -0.39 is 0 Å². The lowest BCUT2D eigenvalue weighted by molar-refractivity contribution is -0.122. The SMILES string of the molecule is CCN1C(=O)/C(=C/c2ccc(OCc3ccccc3Cl)cc2)SC1=Nc1ccc(N2CCCCC2)cc1. The number of halogens is 1. The van der Waals surface area contributed by atoms with Crippen molar-refractivity contribution in [2.24, 2.45) is 4.99 Å². The largest absolute Gasteiger partial charge is 0.489 e. The number of thioether (sulfide) groups is 1. The molecule has 0 spiro atoms. The monoisotopic (exact) mass is 531 g/mol. The summed E-state index contributed by atoms with van der Waals surface area (Å²) in [7, 11) is 0. The molecule has 3 aromatic rings. The summed E-state index contributed by atoms with van der Waals surface area (Å²) in [5, 5.41) is 1.40. The van der Waals surface area contributed by atoms with E-state index in [1.807, 2.05) is 73.7 Å². The van der Waals surface area contributed by atoms with Crippen molar-refractivity contribution in [3.63, 3.8) is 0 Å². The molecule has 5 nitrogen and oxygen atoms in total. The smallest absolute Gasteiger partial charge is 0.266 e. The molecule has 0 N–H and O–H groups in total. The number of hydrogen-bond donors (Lipinski definition) is 0. The third-order valence-electron chi connectivity index (χ3n) is 6.53. The fourth-order valence-electron chi connectivity index (χ4n) is 4.46. The molecule has 0 bridgehead atoms. The fourth-order valence-corrected chi connectivity index (χ4v) is 5.71. The lowest BCUT2D eigenvalue weighted by Crippen LogP contribution is -2.29. The van der Waals surface area contributed by atoms with E-state index in [0.717, 1.165) is 35.7 Å². The number of amidine groups is 1. The molecule has 2 aliphatic heterocycles. The Morgan fingerprint density at radius 3 is 2.41 bits per heavy atom. The van der Waals surface area contributed by atoms with Crippen LogP contribution in [0.1, 0.15) is 37.3 Å². The quantitative estimate of drug-likeness (QED) is 0.295. The van der Waals surface area contributed by atoms with Gasteiger partial charge < -0.3 is 9.64 Å². The van der Waals surface area contributed by atoms with Crippen molar-refractivity contribution in [3.05, 3.63) is 93.9 Å². The van der Waals surface area contributed by atoms with Crippen molar-refractivity contribution in [2.75, 3.05) is 24.5 Å². The van der Waals surface area contributed by atoms with Gasteiger partial charge in [0.25, 0.3) is 5.91 Å². The van der Waals surface area contributed by atoms with Gasteiger partial charge in [-0.05, 0) is 92.1 Å². The molecular weight excluding hydrogens is 502 g/mol. The van der Waals surface area contributed by atoms with Gasteiger partial charge >= 0.3 is 0 Å². The van der Waals surface area contributed by atoms with Crippen LogP contribution in [0.3, 0.4) is 0 Å². The standard InChI is InChI=1S/C30H30ClN3O2S/c1-2-34-29(35)28(20-22-10-16-26(17-11-22)36-21-23-8-4-5-9-27(23)31)37-30(34)32-24-12-14-25(15-13-24)33-18-6-3-7-19-33/h4-5,8-17,20H,2-3,6-7,18-19,21H2,1H3/b28-20-,32-30?.